The molecule has 0 amide bonds. The van der Waals surface area contributed by atoms with Crippen LogP contribution in [0.15, 0.2) is 194 Å². The fourth-order valence-corrected chi connectivity index (χ4v) is 21.4. The van der Waals surface area contributed by atoms with E-state index in [-0.39, 0.29) is 21.7 Å². The van der Waals surface area contributed by atoms with Crippen LogP contribution in [0.5, 0.6) is 0 Å². The van der Waals surface area contributed by atoms with Gasteiger partial charge in [0.05, 0.1) is 0 Å². The zero-order valence-corrected chi connectivity index (χ0v) is 98.3. The summed E-state index contributed by atoms with van der Waals surface area (Å²) in [6.07, 6.45) is 48.2. The summed E-state index contributed by atoms with van der Waals surface area (Å²) in [6.45, 7) is 34.6. The van der Waals surface area contributed by atoms with E-state index in [0.29, 0.717) is 29.3 Å². The van der Waals surface area contributed by atoms with Gasteiger partial charge in [0.25, 0.3) is 0 Å². The molecule has 0 atom stereocenters. The molecule has 16 nitrogen and oxygen atoms in total. The van der Waals surface area contributed by atoms with Crippen molar-refractivity contribution in [1.82, 2.24) is 42.5 Å². The van der Waals surface area contributed by atoms with Crippen molar-refractivity contribution < 1.29 is 0 Å². The first kappa shape index (κ1) is 120. The number of thiocarbonyl (C=S) groups is 8. The Bertz CT molecular complexity index is 5330. The molecule has 10 aliphatic rings. The van der Waals surface area contributed by atoms with E-state index < -0.39 is 0 Å². The summed E-state index contributed by atoms with van der Waals surface area (Å²) < 4.78 is 0. The summed E-state index contributed by atoms with van der Waals surface area (Å²) >= 11 is 42.4. The standard InChI is InChI=1S/2C18H26N2S.C16H22N2S.2C16H24N2S.C14H20N2S.C13H18N2S.C13H20N2S/c21-18(19-13-14-5-4-6-14)20-17-11-9-16(10-12-17)15-7-2-1-3-8-15;21-18(19-16-8-4-5-9-16)20-17-12-10-15(11-13-17)14-6-2-1-3-7-14;19-16(18-15-10-11-15)17-14-8-6-13(7-9-14)12-4-2-1-3-5-12;1-16(2,3)13-8-5-9-14(10-13)18-15(19)17-11-12-6-4-7-12;1-16(2,3)12-7-6-10-14(11-12)18-15(19)17-13-8-4-5-9-13;1-14(2,3)10-4-6-11(7-5-10)15-13(17)16-12-8-9-12;1-10-5-7-12(8-6-10)15-13(16)14-9-11-3-2-4-11;1-5-14-12(16)15-11-8-6-10(7-9-11)13(2,3)4/h9-12,14-15H,1-8,13H2,(H2,19,20,21);10-14,16H,1-9H2,(H2,19,20,21);6-9,12,15H,1-5,10-11H2,(H2,17,18,19);5,8-10,12H,4,6-7,11H2,1-3H3,(H2,17,18,19);6-7,10-11,13H,4-5,8-9H2,1-3H3,(H2,17,18,19);4-7,12H,8-9H2,1-3H3,(H2,15,16,17);5-8,11H,2-4,9H2,1H3,(H2,14,15,16);6-9H,5H2,1-4H3,(H2,14,15,16). The predicted molar refractivity (Wildman–Crippen MR) is 671 cm³/mol. The Labute approximate surface area is 935 Å². The molecule has 10 fully saturated rings. The van der Waals surface area contributed by atoms with Crippen molar-refractivity contribution in [3.05, 3.63) is 239 Å². The third-order valence-electron chi connectivity index (χ3n) is 29.9. The number of hydrogen-bond donors (Lipinski definition) is 16. The van der Waals surface area contributed by atoms with Gasteiger partial charge < -0.3 is 85.1 Å². The molecule has 0 spiro atoms. The van der Waals surface area contributed by atoms with E-state index in [4.69, 9.17) is 97.7 Å². The zero-order valence-electron chi connectivity index (χ0n) is 91.8. The molecule has 0 radical (unpaired) electrons. The average molecular weight is 2150 g/mol. The number of rotatable bonds is 22. The van der Waals surface area contributed by atoms with E-state index in [1.165, 1.54) is 276 Å². The second-order valence-corrected chi connectivity index (χ2v) is 50.1. The molecule has 0 heterocycles. The Kier molecular flexibility index (Phi) is 49.9. The number of hydrogen-bond acceptors (Lipinski definition) is 8. The average Bonchev–Trinajstić information content (AvgIpc) is 1.78. The highest BCUT2D eigenvalue weighted by Crippen LogP contribution is 2.39. The van der Waals surface area contributed by atoms with Crippen molar-refractivity contribution in [1.29, 1.82) is 0 Å². The van der Waals surface area contributed by atoms with Crippen molar-refractivity contribution in [2.45, 2.75) is 392 Å². The number of benzene rings is 8. The van der Waals surface area contributed by atoms with Crippen LogP contribution in [0, 0.1) is 24.7 Å². The van der Waals surface area contributed by atoms with Crippen LogP contribution in [0.4, 0.5) is 45.5 Å². The monoisotopic (exact) mass is 2150 g/mol. The number of aryl methyl sites for hydroxylation is 1. The number of anilines is 8. The van der Waals surface area contributed by atoms with Gasteiger partial charge in [-0.1, -0.05) is 288 Å². The SMILES string of the molecule is CC(C)(C)c1ccc(NC(=S)NC2CC2)cc1.CC(C)(C)c1cccc(NC(=S)NC2CCCC2)c1.CC(C)(C)c1cccc(NC(=S)NCC2CCC2)c1.CCNC(=S)Nc1ccc(C(C)(C)C)cc1.Cc1ccc(NC(=S)NCC2CCC2)cc1.S=C(NCC1CCC1)Nc1ccc(C2CCCCC2)cc1.S=C(Nc1ccc(C2CCCCC2)cc1)NC1CC1.S=C(Nc1ccc(C2CCCCC2)cc1)NC1CCCC1. The van der Waals surface area contributed by atoms with E-state index >= 15 is 0 Å². The van der Waals surface area contributed by atoms with Crippen LogP contribution in [-0.2, 0) is 21.7 Å². The molecule has 0 aliphatic heterocycles. The molecule has 0 saturated heterocycles. The van der Waals surface area contributed by atoms with Gasteiger partial charge in [-0.3, -0.25) is 0 Å². The molecule has 18 rings (SSSR count). The molecule has 0 aromatic heterocycles. The lowest BCUT2D eigenvalue weighted by Gasteiger charge is -2.26. The minimum Gasteiger partial charge on any atom is -0.363 e. The third kappa shape index (κ3) is 46.1. The minimum absolute atomic E-state index is 0.165. The van der Waals surface area contributed by atoms with E-state index in [2.05, 4.69) is 357 Å². The quantitative estimate of drug-likeness (QED) is 0.0286. The van der Waals surface area contributed by atoms with Gasteiger partial charge in [-0.05, 0) is 433 Å². The van der Waals surface area contributed by atoms with Crippen molar-refractivity contribution >= 4 is 184 Å². The van der Waals surface area contributed by atoms with Gasteiger partial charge in [-0.2, -0.15) is 0 Å². The van der Waals surface area contributed by atoms with Crippen LogP contribution >= 0.6 is 97.7 Å². The van der Waals surface area contributed by atoms with Crippen molar-refractivity contribution in [3.8, 4) is 0 Å². The van der Waals surface area contributed by atoms with Crippen LogP contribution in [0.3, 0.4) is 0 Å². The molecule has 0 unspecified atom stereocenters. The summed E-state index contributed by atoms with van der Waals surface area (Å²) in [4.78, 5) is 0. The fourth-order valence-electron chi connectivity index (χ4n) is 19.4. The lowest BCUT2D eigenvalue weighted by molar-refractivity contribution is 0.316. The maximum atomic E-state index is 5.41. The van der Waals surface area contributed by atoms with E-state index in [1.54, 1.807) is 0 Å². The highest BCUT2D eigenvalue weighted by molar-refractivity contribution is 7.82. The van der Waals surface area contributed by atoms with Gasteiger partial charge in [-0.15, -0.1) is 0 Å². The molecule has 804 valence electrons. The van der Waals surface area contributed by atoms with E-state index in [0.717, 1.165) is 143 Å². The molecule has 16 N–H and O–H groups in total. The van der Waals surface area contributed by atoms with Crippen LogP contribution < -0.4 is 85.1 Å². The first-order chi connectivity index (χ1) is 70.9. The maximum absolute atomic E-state index is 5.41. The molecule has 10 aliphatic carbocycles. The molecule has 24 heteroatoms. The second-order valence-electron chi connectivity index (χ2n) is 46.8. The van der Waals surface area contributed by atoms with Crippen LogP contribution in [-0.4, -0.2) is 91.2 Å². The summed E-state index contributed by atoms with van der Waals surface area (Å²) in [6, 6.07) is 71.1. The van der Waals surface area contributed by atoms with Gasteiger partial charge in [0.1, 0.15) is 0 Å². The molecule has 148 heavy (non-hydrogen) atoms. The highest BCUT2D eigenvalue weighted by Gasteiger charge is 2.28. The molecule has 8 aromatic rings. The van der Waals surface area contributed by atoms with Gasteiger partial charge in [0.15, 0.2) is 40.9 Å². The largest absolute Gasteiger partial charge is 0.363 e. The molecular formula is C124H180N16S8. The smallest absolute Gasteiger partial charge is 0.170 e. The molecular weight excluding hydrogens is 1970 g/mol. The van der Waals surface area contributed by atoms with Gasteiger partial charge in [0, 0.05) is 95.8 Å². The third-order valence-corrected chi connectivity index (χ3v) is 31.8. The lowest BCUT2D eigenvalue weighted by atomic mass is 9.84. The first-order valence-corrected chi connectivity index (χ1v) is 59.5. The molecule has 0 bridgehead atoms. The molecule has 8 aromatic carbocycles. The van der Waals surface area contributed by atoms with E-state index in [1.807, 2.05) is 19.1 Å². The second kappa shape index (κ2) is 61.8. The summed E-state index contributed by atoms with van der Waals surface area (Å²) in [5, 5.41) is 58.3. The summed E-state index contributed by atoms with van der Waals surface area (Å²) in [7, 11) is 0. The Morgan fingerprint density at radius 3 is 0.689 bits per heavy atom. The molecule has 10 saturated carbocycles. The Morgan fingerprint density at radius 2 is 0.446 bits per heavy atom. The van der Waals surface area contributed by atoms with Gasteiger partial charge in [-0.25, -0.2) is 0 Å². The predicted octanol–water partition coefficient (Wildman–Crippen LogP) is 32.1. The summed E-state index contributed by atoms with van der Waals surface area (Å²) in [5.41, 5.74) is 20.3. The van der Waals surface area contributed by atoms with Crippen LogP contribution in [0.2, 0.25) is 0 Å². The normalized spacial score (nSPS) is 17.0. The maximum Gasteiger partial charge on any atom is 0.170 e. The van der Waals surface area contributed by atoms with Crippen LogP contribution in [0.25, 0.3) is 0 Å². The highest BCUT2D eigenvalue weighted by atomic mass is 32.1. The van der Waals surface area contributed by atoms with Gasteiger partial charge >= 0.3 is 0 Å². The van der Waals surface area contributed by atoms with Crippen molar-refractivity contribution in [2.24, 2.45) is 17.8 Å². The van der Waals surface area contributed by atoms with Crippen molar-refractivity contribution in [3.63, 3.8) is 0 Å². The van der Waals surface area contributed by atoms with Crippen LogP contribution in [0.1, 0.15) is 383 Å². The first-order valence-electron chi connectivity index (χ1n) is 56.2. The summed E-state index contributed by atoms with van der Waals surface area (Å²) in [5.74, 6) is 4.81. The minimum atomic E-state index is 0.165. The van der Waals surface area contributed by atoms with Gasteiger partial charge in [0.2, 0.25) is 0 Å². The fraction of sp³-hybridized carbons (Fsp3) is 0.548. The van der Waals surface area contributed by atoms with E-state index in [9.17, 15) is 0 Å². The van der Waals surface area contributed by atoms with Crippen molar-refractivity contribution in [2.75, 3.05) is 68.7 Å². The Balaban J connectivity index is 0.000000161. The topological polar surface area (TPSA) is 192 Å². The zero-order chi connectivity index (χ0) is 106. The Hall–Kier alpha value is -8.72. The lowest BCUT2D eigenvalue weighted by Crippen LogP contribution is -2.35. The Morgan fingerprint density at radius 1 is 0.223 bits per heavy atom. The number of nitrogens with one attached hydrogen (secondary N) is 16.